The molecule has 0 spiro atoms. The normalized spacial score (nSPS) is 12.5. The summed E-state index contributed by atoms with van der Waals surface area (Å²) in [6, 6.07) is 9.06. The highest BCUT2D eigenvalue weighted by Gasteiger charge is 2.10. The van der Waals surface area contributed by atoms with Crippen LogP contribution in [0.2, 0.25) is 0 Å². The lowest BCUT2D eigenvalue weighted by molar-refractivity contribution is -0.116. The maximum Gasteiger partial charge on any atom is 0.244 e. The summed E-state index contributed by atoms with van der Waals surface area (Å²) < 4.78 is 17.7. The molecule has 4 nitrogen and oxygen atoms in total. The van der Waals surface area contributed by atoms with Crippen molar-refractivity contribution in [2.75, 3.05) is 6.54 Å². The third-order valence-electron chi connectivity index (χ3n) is 2.64. The topological polar surface area (TPSA) is 62.5 Å². The van der Waals surface area contributed by atoms with Gasteiger partial charge in [-0.05, 0) is 35.9 Å². The fourth-order valence-corrected chi connectivity index (χ4v) is 1.58. The van der Waals surface area contributed by atoms with E-state index in [2.05, 4.69) is 5.32 Å². The summed E-state index contributed by atoms with van der Waals surface area (Å²) >= 11 is 0. The number of benzene rings is 1. The number of hydrogen-bond donors (Lipinski definition) is 2. The van der Waals surface area contributed by atoms with Crippen LogP contribution in [0.4, 0.5) is 4.39 Å². The molecule has 0 fully saturated rings. The van der Waals surface area contributed by atoms with Gasteiger partial charge >= 0.3 is 0 Å². The second-order valence-electron chi connectivity index (χ2n) is 4.16. The average molecular weight is 275 g/mol. The van der Waals surface area contributed by atoms with Gasteiger partial charge in [-0.1, -0.05) is 12.1 Å². The molecule has 1 aromatic heterocycles. The fourth-order valence-electron chi connectivity index (χ4n) is 1.58. The number of carbonyl (C=O) groups is 1. The zero-order valence-electron chi connectivity index (χ0n) is 10.6. The fraction of sp³-hybridized carbons (Fsp3) is 0.133. The van der Waals surface area contributed by atoms with Crippen LogP contribution in [-0.2, 0) is 4.79 Å². The van der Waals surface area contributed by atoms with Gasteiger partial charge in [0.15, 0.2) is 0 Å². The van der Waals surface area contributed by atoms with Crippen LogP contribution in [0.3, 0.4) is 0 Å². The molecule has 2 aromatic rings. The predicted molar refractivity (Wildman–Crippen MR) is 72.1 cm³/mol. The molecule has 0 saturated heterocycles. The van der Waals surface area contributed by atoms with Crippen molar-refractivity contribution in [1.29, 1.82) is 0 Å². The number of aliphatic hydroxyl groups is 1. The molecule has 1 aromatic carbocycles. The first kappa shape index (κ1) is 14.0. The van der Waals surface area contributed by atoms with Crippen LogP contribution in [0, 0.1) is 5.82 Å². The van der Waals surface area contributed by atoms with Crippen molar-refractivity contribution in [2.45, 2.75) is 6.10 Å². The van der Waals surface area contributed by atoms with E-state index >= 15 is 0 Å². The Kier molecular flexibility index (Phi) is 4.68. The molecule has 1 atom stereocenters. The summed E-state index contributed by atoms with van der Waals surface area (Å²) in [7, 11) is 0. The minimum absolute atomic E-state index is 0.0557. The second kappa shape index (κ2) is 6.68. The van der Waals surface area contributed by atoms with Gasteiger partial charge in [0.25, 0.3) is 0 Å². The van der Waals surface area contributed by atoms with Crippen molar-refractivity contribution >= 4 is 12.0 Å². The van der Waals surface area contributed by atoms with E-state index < -0.39 is 6.10 Å². The summed E-state index contributed by atoms with van der Waals surface area (Å²) in [5.41, 5.74) is 0.716. The Morgan fingerprint density at radius 1 is 1.35 bits per heavy atom. The van der Waals surface area contributed by atoms with Gasteiger partial charge in [-0.25, -0.2) is 4.39 Å². The molecule has 2 rings (SSSR count). The van der Waals surface area contributed by atoms with Gasteiger partial charge in [-0.3, -0.25) is 4.79 Å². The van der Waals surface area contributed by atoms with Crippen molar-refractivity contribution in [2.24, 2.45) is 0 Å². The number of rotatable bonds is 5. The highest BCUT2D eigenvalue weighted by molar-refractivity contribution is 5.91. The van der Waals surface area contributed by atoms with Gasteiger partial charge in [-0.2, -0.15) is 0 Å². The lowest BCUT2D eigenvalue weighted by Crippen LogP contribution is -2.26. The van der Waals surface area contributed by atoms with E-state index in [1.165, 1.54) is 24.5 Å². The lowest BCUT2D eigenvalue weighted by Gasteiger charge is -2.07. The van der Waals surface area contributed by atoms with Crippen molar-refractivity contribution in [3.05, 3.63) is 65.9 Å². The molecule has 0 bridgehead atoms. The molecule has 0 radical (unpaired) electrons. The van der Waals surface area contributed by atoms with Crippen LogP contribution in [-0.4, -0.2) is 17.6 Å². The molecule has 5 heteroatoms. The summed E-state index contributed by atoms with van der Waals surface area (Å²) in [6.45, 7) is 0.0557. The third-order valence-corrected chi connectivity index (χ3v) is 2.64. The summed E-state index contributed by atoms with van der Waals surface area (Å²) in [4.78, 5) is 11.5. The molecule has 0 aliphatic heterocycles. The van der Waals surface area contributed by atoms with Crippen LogP contribution >= 0.6 is 0 Å². The van der Waals surface area contributed by atoms with E-state index in [1.54, 1.807) is 30.3 Å². The number of carbonyl (C=O) groups excluding carboxylic acids is 1. The first-order valence-corrected chi connectivity index (χ1v) is 6.08. The number of hydrogen-bond acceptors (Lipinski definition) is 3. The van der Waals surface area contributed by atoms with Crippen LogP contribution in [0.25, 0.3) is 6.08 Å². The Hall–Kier alpha value is -2.40. The van der Waals surface area contributed by atoms with E-state index in [4.69, 9.17) is 4.42 Å². The van der Waals surface area contributed by atoms with Gasteiger partial charge in [-0.15, -0.1) is 0 Å². The average Bonchev–Trinajstić information content (AvgIpc) is 2.98. The summed E-state index contributed by atoms with van der Waals surface area (Å²) in [5.74, 6) is -0.277. The van der Waals surface area contributed by atoms with E-state index in [9.17, 15) is 14.3 Å². The van der Waals surface area contributed by atoms with E-state index in [0.29, 0.717) is 11.3 Å². The molecule has 1 heterocycles. The Morgan fingerprint density at radius 3 is 2.75 bits per heavy atom. The molecule has 0 aliphatic rings. The van der Waals surface area contributed by atoms with Crippen molar-refractivity contribution in [3.8, 4) is 0 Å². The lowest BCUT2D eigenvalue weighted by atomic mass is 10.2. The van der Waals surface area contributed by atoms with Gasteiger partial charge < -0.3 is 14.8 Å². The van der Waals surface area contributed by atoms with Crippen LogP contribution in [0.1, 0.15) is 17.4 Å². The van der Waals surface area contributed by atoms with Crippen molar-refractivity contribution in [1.82, 2.24) is 5.32 Å². The first-order chi connectivity index (χ1) is 9.65. The van der Waals surface area contributed by atoms with E-state index in [0.717, 1.165) is 0 Å². The zero-order valence-corrected chi connectivity index (χ0v) is 10.6. The second-order valence-corrected chi connectivity index (χ2v) is 4.16. The quantitative estimate of drug-likeness (QED) is 0.823. The Balaban J connectivity index is 1.82. The smallest absolute Gasteiger partial charge is 0.244 e. The SMILES string of the molecule is O=C(/C=C/c1ccc(F)cc1)NCC(O)c1ccco1. The molecule has 0 aliphatic carbocycles. The minimum Gasteiger partial charge on any atom is -0.467 e. The molecule has 1 amide bonds. The molecular formula is C15H14FNO3. The molecule has 2 N–H and O–H groups in total. The highest BCUT2D eigenvalue weighted by atomic mass is 19.1. The van der Waals surface area contributed by atoms with Crippen LogP contribution in [0.5, 0.6) is 0 Å². The van der Waals surface area contributed by atoms with E-state index in [-0.39, 0.29) is 18.3 Å². The molecular weight excluding hydrogens is 261 g/mol. The first-order valence-electron chi connectivity index (χ1n) is 6.08. The highest BCUT2D eigenvalue weighted by Crippen LogP contribution is 2.11. The van der Waals surface area contributed by atoms with Crippen LogP contribution in [0.15, 0.2) is 53.2 Å². The standard InChI is InChI=1S/C15H14FNO3/c16-12-6-3-11(4-7-12)5-8-15(19)17-10-13(18)14-2-1-9-20-14/h1-9,13,18H,10H2,(H,17,19)/b8-5+. The van der Waals surface area contributed by atoms with Crippen molar-refractivity contribution < 1.29 is 18.7 Å². The van der Waals surface area contributed by atoms with Gasteiger partial charge in [0.1, 0.15) is 17.7 Å². The molecule has 20 heavy (non-hydrogen) atoms. The number of amides is 1. The Bertz CT molecular complexity index is 576. The van der Waals surface area contributed by atoms with E-state index in [1.807, 2.05) is 0 Å². The monoisotopic (exact) mass is 275 g/mol. The molecule has 104 valence electrons. The van der Waals surface area contributed by atoms with Gasteiger partial charge in [0.2, 0.25) is 5.91 Å². The summed E-state index contributed by atoms with van der Waals surface area (Å²) in [5, 5.41) is 12.2. The number of nitrogens with one attached hydrogen (secondary N) is 1. The van der Waals surface area contributed by atoms with Crippen LogP contribution < -0.4 is 5.32 Å². The number of aliphatic hydroxyl groups excluding tert-OH is 1. The third kappa shape index (κ3) is 4.07. The molecule has 0 saturated carbocycles. The maximum atomic E-state index is 12.7. The Labute approximate surface area is 115 Å². The summed E-state index contributed by atoms with van der Waals surface area (Å²) in [6.07, 6.45) is 3.46. The minimum atomic E-state index is -0.881. The molecule has 1 unspecified atom stereocenters. The maximum absolute atomic E-state index is 12.7. The number of halogens is 1. The largest absolute Gasteiger partial charge is 0.467 e. The predicted octanol–water partition coefficient (Wildman–Crippen LogP) is 2.28. The van der Waals surface area contributed by atoms with Crippen molar-refractivity contribution in [3.63, 3.8) is 0 Å². The number of furan rings is 1. The zero-order chi connectivity index (χ0) is 14.4. The Morgan fingerprint density at radius 2 is 2.10 bits per heavy atom. The van der Waals surface area contributed by atoms with Gasteiger partial charge in [0.05, 0.1) is 12.8 Å². The van der Waals surface area contributed by atoms with Gasteiger partial charge in [0, 0.05) is 6.08 Å².